The molecule has 0 fully saturated rings. The highest BCUT2D eigenvalue weighted by atomic mass is 32.2. The Morgan fingerprint density at radius 1 is 1.04 bits per heavy atom. The number of amides is 1. The smallest absolute Gasteiger partial charge is 0.243 e. The normalized spacial score (nSPS) is 11.5. The van der Waals surface area contributed by atoms with Crippen LogP contribution in [0, 0.1) is 20.8 Å². The number of anilines is 1. The first-order chi connectivity index (χ1) is 12.6. The molecule has 0 bridgehead atoms. The summed E-state index contributed by atoms with van der Waals surface area (Å²) in [6, 6.07) is 10.7. The first-order valence-corrected chi connectivity index (χ1v) is 9.96. The number of carbonyl (C=O) groups is 1. The number of ether oxygens (including phenoxy) is 1. The Kier molecular flexibility index (Phi) is 6.28. The van der Waals surface area contributed by atoms with E-state index in [1.165, 1.54) is 11.9 Å². The molecule has 0 aliphatic rings. The second kappa shape index (κ2) is 8.10. The highest BCUT2D eigenvalue weighted by molar-refractivity contribution is 7.89. The summed E-state index contributed by atoms with van der Waals surface area (Å²) >= 11 is 0. The van der Waals surface area contributed by atoms with Crippen LogP contribution in [0.3, 0.4) is 0 Å². The van der Waals surface area contributed by atoms with E-state index in [9.17, 15) is 13.2 Å². The van der Waals surface area contributed by atoms with Gasteiger partial charge in [0.25, 0.3) is 0 Å². The van der Waals surface area contributed by atoms with Gasteiger partial charge in [0.1, 0.15) is 5.75 Å². The molecule has 0 N–H and O–H groups in total. The van der Waals surface area contributed by atoms with Crippen LogP contribution in [0.1, 0.15) is 16.7 Å². The number of hydrogen-bond acceptors (Lipinski definition) is 4. The van der Waals surface area contributed by atoms with Gasteiger partial charge in [0.15, 0.2) is 0 Å². The fourth-order valence-corrected chi connectivity index (χ4v) is 4.60. The van der Waals surface area contributed by atoms with Crippen molar-refractivity contribution in [1.29, 1.82) is 0 Å². The van der Waals surface area contributed by atoms with Crippen molar-refractivity contribution in [3.05, 3.63) is 53.1 Å². The van der Waals surface area contributed by atoms with E-state index >= 15 is 0 Å². The maximum Gasteiger partial charge on any atom is 0.243 e. The minimum Gasteiger partial charge on any atom is -0.497 e. The molecular formula is C20H26N2O4S. The molecule has 0 heterocycles. The van der Waals surface area contributed by atoms with Crippen molar-refractivity contribution in [2.75, 3.05) is 32.6 Å². The molecule has 2 aromatic rings. The predicted octanol–water partition coefficient (Wildman–Crippen LogP) is 2.90. The molecule has 0 aliphatic carbocycles. The van der Waals surface area contributed by atoms with Crippen LogP contribution >= 0.6 is 0 Å². The molecule has 0 unspecified atom stereocenters. The van der Waals surface area contributed by atoms with Crippen LogP contribution in [0.4, 0.5) is 5.69 Å². The van der Waals surface area contributed by atoms with Crippen molar-refractivity contribution >= 4 is 21.6 Å². The number of hydrogen-bond donors (Lipinski definition) is 0. The second-order valence-electron chi connectivity index (χ2n) is 6.64. The molecule has 6 nitrogen and oxygen atoms in total. The minimum atomic E-state index is -3.78. The van der Waals surface area contributed by atoms with Gasteiger partial charge in [-0.05, 0) is 44.0 Å². The lowest BCUT2D eigenvalue weighted by molar-refractivity contribution is -0.118. The molecule has 146 valence electrons. The van der Waals surface area contributed by atoms with E-state index in [0.717, 1.165) is 9.87 Å². The van der Waals surface area contributed by atoms with Crippen LogP contribution < -0.4 is 9.64 Å². The summed E-state index contributed by atoms with van der Waals surface area (Å²) < 4.78 is 32.3. The molecule has 0 aromatic heterocycles. The Morgan fingerprint density at radius 3 is 2.19 bits per heavy atom. The molecular weight excluding hydrogens is 364 g/mol. The maximum absolute atomic E-state index is 13.0. The van der Waals surface area contributed by atoms with E-state index in [1.807, 2.05) is 19.1 Å². The third-order valence-electron chi connectivity index (χ3n) is 4.45. The van der Waals surface area contributed by atoms with Gasteiger partial charge >= 0.3 is 0 Å². The zero-order valence-electron chi connectivity index (χ0n) is 16.6. The molecule has 7 heteroatoms. The van der Waals surface area contributed by atoms with E-state index in [1.54, 1.807) is 52.3 Å². The van der Waals surface area contributed by atoms with Gasteiger partial charge in [-0.15, -0.1) is 0 Å². The Morgan fingerprint density at radius 2 is 1.63 bits per heavy atom. The van der Waals surface area contributed by atoms with Gasteiger partial charge in [-0.1, -0.05) is 23.8 Å². The van der Waals surface area contributed by atoms with Gasteiger partial charge in [0.2, 0.25) is 15.9 Å². The lowest BCUT2D eigenvalue weighted by Gasteiger charge is -2.23. The van der Waals surface area contributed by atoms with Gasteiger partial charge in [0.05, 0.1) is 18.6 Å². The van der Waals surface area contributed by atoms with Crippen molar-refractivity contribution < 1.29 is 17.9 Å². The number of methoxy groups -OCH3 is 1. The Labute approximate surface area is 161 Å². The van der Waals surface area contributed by atoms with Crippen molar-refractivity contribution in [1.82, 2.24) is 4.31 Å². The topological polar surface area (TPSA) is 66.9 Å². The lowest BCUT2D eigenvalue weighted by Crippen LogP contribution is -2.39. The highest BCUT2D eigenvalue weighted by Gasteiger charge is 2.27. The van der Waals surface area contributed by atoms with Gasteiger partial charge in [-0.2, -0.15) is 4.31 Å². The number of nitrogens with zero attached hydrogens (tertiary/aromatic N) is 2. The van der Waals surface area contributed by atoms with Crippen LogP contribution in [0.2, 0.25) is 0 Å². The van der Waals surface area contributed by atoms with Crippen LogP contribution in [-0.4, -0.2) is 46.4 Å². The van der Waals surface area contributed by atoms with Crippen LogP contribution in [0.15, 0.2) is 41.3 Å². The Hall–Kier alpha value is -2.38. The van der Waals surface area contributed by atoms with Crippen molar-refractivity contribution in [2.45, 2.75) is 25.7 Å². The van der Waals surface area contributed by atoms with Crippen LogP contribution in [0.5, 0.6) is 5.75 Å². The number of carbonyl (C=O) groups excluding carboxylic acids is 1. The highest BCUT2D eigenvalue weighted by Crippen LogP contribution is 2.25. The molecule has 0 atom stereocenters. The quantitative estimate of drug-likeness (QED) is 0.761. The molecule has 1 amide bonds. The summed E-state index contributed by atoms with van der Waals surface area (Å²) in [7, 11) is 0.803. The third-order valence-corrected chi connectivity index (χ3v) is 6.56. The molecule has 2 rings (SSSR count). The predicted molar refractivity (Wildman–Crippen MR) is 107 cm³/mol. The van der Waals surface area contributed by atoms with E-state index in [-0.39, 0.29) is 17.3 Å². The van der Waals surface area contributed by atoms with Crippen molar-refractivity contribution in [3.8, 4) is 5.75 Å². The van der Waals surface area contributed by atoms with Crippen LogP contribution in [0.25, 0.3) is 0 Å². The van der Waals surface area contributed by atoms with Crippen LogP contribution in [-0.2, 0) is 14.8 Å². The fraction of sp³-hybridized carbons (Fsp3) is 0.350. The number of sulfonamides is 1. The zero-order chi connectivity index (χ0) is 20.4. The van der Waals surface area contributed by atoms with Gasteiger partial charge in [-0.3, -0.25) is 4.79 Å². The Balaban J connectivity index is 2.25. The maximum atomic E-state index is 13.0. The average molecular weight is 391 g/mol. The van der Waals surface area contributed by atoms with Gasteiger partial charge in [0, 0.05) is 25.8 Å². The fourth-order valence-electron chi connectivity index (χ4n) is 3.07. The number of likely N-dealkylation sites (N-methyl/N-ethyl adjacent to an activating group) is 2. The monoisotopic (exact) mass is 390 g/mol. The third kappa shape index (κ3) is 4.48. The number of rotatable bonds is 6. The summed E-state index contributed by atoms with van der Waals surface area (Å²) in [4.78, 5) is 14.3. The molecule has 0 radical (unpaired) electrons. The summed E-state index contributed by atoms with van der Waals surface area (Å²) in [5.41, 5.74) is 2.98. The molecule has 0 saturated carbocycles. The number of benzene rings is 2. The number of aryl methyl sites for hydroxylation is 3. The summed E-state index contributed by atoms with van der Waals surface area (Å²) in [6.45, 7) is 5.20. The molecule has 0 aliphatic heterocycles. The second-order valence-corrected chi connectivity index (χ2v) is 8.62. The standard InChI is InChI=1S/C20H26N2O4S/c1-14-10-15(2)20(16(3)11-14)27(24,25)21(4)13-19(23)22(5)17-8-7-9-18(12-17)26-6/h7-12H,13H2,1-6H3. The van der Waals surface area contributed by atoms with Crippen molar-refractivity contribution in [2.24, 2.45) is 0 Å². The van der Waals surface area contributed by atoms with Crippen molar-refractivity contribution in [3.63, 3.8) is 0 Å². The van der Waals surface area contributed by atoms with E-state index in [4.69, 9.17) is 4.74 Å². The molecule has 2 aromatic carbocycles. The van der Waals surface area contributed by atoms with E-state index in [2.05, 4.69) is 0 Å². The summed E-state index contributed by atoms with van der Waals surface area (Å²) in [6.07, 6.45) is 0. The molecule has 27 heavy (non-hydrogen) atoms. The first-order valence-electron chi connectivity index (χ1n) is 8.52. The zero-order valence-corrected chi connectivity index (χ0v) is 17.4. The van der Waals surface area contributed by atoms with E-state index in [0.29, 0.717) is 22.6 Å². The summed E-state index contributed by atoms with van der Waals surface area (Å²) in [5, 5.41) is 0. The first kappa shape index (κ1) is 20.9. The average Bonchev–Trinajstić information content (AvgIpc) is 2.59. The molecule has 0 spiro atoms. The van der Waals surface area contributed by atoms with Gasteiger partial charge in [-0.25, -0.2) is 8.42 Å². The Bertz CT molecular complexity index is 931. The molecule has 0 saturated heterocycles. The SMILES string of the molecule is COc1cccc(N(C)C(=O)CN(C)S(=O)(=O)c2c(C)cc(C)cc2C)c1. The largest absolute Gasteiger partial charge is 0.497 e. The van der Waals surface area contributed by atoms with E-state index < -0.39 is 10.0 Å². The van der Waals surface area contributed by atoms with Gasteiger partial charge < -0.3 is 9.64 Å². The lowest BCUT2D eigenvalue weighted by atomic mass is 10.1. The summed E-state index contributed by atoms with van der Waals surface area (Å²) in [5.74, 6) is 0.288. The minimum absolute atomic E-state index is 0.257.